The van der Waals surface area contributed by atoms with Gasteiger partial charge in [0.1, 0.15) is 11.6 Å². The number of fused-ring (bicyclic) bond motifs is 3. The molecule has 0 atom stereocenters. The van der Waals surface area contributed by atoms with Crippen molar-refractivity contribution in [1.82, 2.24) is 4.98 Å². The van der Waals surface area contributed by atoms with Crippen LogP contribution < -0.4 is 4.74 Å². The molecule has 0 aliphatic heterocycles. The number of nitriles is 1. The Labute approximate surface area is 155 Å². The van der Waals surface area contributed by atoms with Gasteiger partial charge in [-0.25, -0.2) is 4.98 Å². The fourth-order valence-electron chi connectivity index (χ4n) is 3.33. The number of aromatic nitrogens is 1. The van der Waals surface area contributed by atoms with Gasteiger partial charge in [0.2, 0.25) is 5.88 Å². The summed E-state index contributed by atoms with van der Waals surface area (Å²) in [5.74, 6) is 0.305. The maximum Gasteiger partial charge on any atom is 0.232 e. The quantitative estimate of drug-likeness (QED) is 0.470. The number of hydrogen-bond donors (Lipinski definition) is 0. The molecule has 3 nitrogen and oxygen atoms in total. The molecule has 25 heavy (non-hydrogen) atoms. The first-order chi connectivity index (χ1) is 12.1. The van der Waals surface area contributed by atoms with Crippen LogP contribution in [0.15, 0.2) is 42.5 Å². The third kappa shape index (κ3) is 2.46. The van der Waals surface area contributed by atoms with Crippen LogP contribution in [0.3, 0.4) is 0 Å². The van der Waals surface area contributed by atoms with Gasteiger partial charge in [-0.2, -0.15) is 5.26 Å². The standard InChI is InChI=1S/C20H12Cl2N2O/c1-25-20-16(10-23)18(14-7-6-12(21)9-17(14)22)15-8-11-4-2-3-5-13(11)19(15)24-20/h2-7,9H,8H2,1H3. The van der Waals surface area contributed by atoms with Crippen LogP contribution in [-0.2, 0) is 6.42 Å². The highest BCUT2D eigenvalue weighted by Gasteiger charge is 2.29. The van der Waals surface area contributed by atoms with Crippen LogP contribution >= 0.6 is 23.2 Å². The van der Waals surface area contributed by atoms with Crippen LogP contribution in [0.25, 0.3) is 22.4 Å². The van der Waals surface area contributed by atoms with Crippen molar-refractivity contribution in [2.45, 2.75) is 6.42 Å². The van der Waals surface area contributed by atoms with Crippen molar-refractivity contribution < 1.29 is 4.74 Å². The zero-order valence-electron chi connectivity index (χ0n) is 13.3. The highest BCUT2D eigenvalue weighted by atomic mass is 35.5. The number of pyridine rings is 1. The van der Waals surface area contributed by atoms with E-state index < -0.39 is 0 Å². The van der Waals surface area contributed by atoms with Gasteiger partial charge in [-0.15, -0.1) is 0 Å². The molecule has 0 bridgehead atoms. The van der Waals surface area contributed by atoms with Gasteiger partial charge in [0.25, 0.3) is 0 Å². The molecule has 0 saturated carbocycles. The first-order valence-electron chi connectivity index (χ1n) is 7.68. The van der Waals surface area contributed by atoms with E-state index in [-0.39, 0.29) is 0 Å². The average molecular weight is 367 g/mol. The van der Waals surface area contributed by atoms with E-state index in [2.05, 4.69) is 17.1 Å². The molecular formula is C20H12Cl2N2O. The third-order valence-corrected chi connectivity index (χ3v) is 4.96. The minimum Gasteiger partial charge on any atom is -0.480 e. The molecule has 122 valence electrons. The minimum atomic E-state index is 0.305. The van der Waals surface area contributed by atoms with E-state index in [9.17, 15) is 5.26 Å². The van der Waals surface area contributed by atoms with E-state index in [1.54, 1.807) is 12.1 Å². The van der Waals surface area contributed by atoms with Gasteiger partial charge in [-0.1, -0.05) is 53.5 Å². The Morgan fingerprint density at radius 1 is 1.12 bits per heavy atom. The predicted molar refractivity (Wildman–Crippen MR) is 99.2 cm³/mol. The van der Waals surface area contributed by atoms with E-state index >= 15 is 0 Å². The maximum absolute atomic E-state index is 9.75. The Balaban J connectivity index is 2.09. The van der Waals surface area contributed by atoms with Crippen LogP contribution in [0.4, 0.5) is 0 Å². The van der Waals surface area contributed by atoms with Gasteiger partial charge in [0.15, 0.2) is 0 Å². The lowest BCUT2D eigenvalue weighted by molar-refractivity contribution is 0.397. The van der Waals surface area contributed by atoms with Crippen molar-refractivity contribution in [1.29, 1.82) is 5.26 Å². The molecule has 1 aromatic heterocycles. The Kier molecular flexibility index (Phi) is 3.88. The normalized spacial score (nSPS) is 11.6. The zero-order chi connectivity index (χ0) is 17.6. The topological polar surface area (TPSA) is 45.9 Å². The molecule has 0 radical (unpaired) electrons. The van der Waals surface area contributed by atoms with Crippen molar-refractivity contribution >= 4 is 23.2 Å². The van der Waals surface area contributed by atoms with E-state index in [1.165, 1.54) is 12.7 Å². The molecule has 1 heterocycles. The first kappa shape index (κ1) is 16.0. The van der Waals surface area contributed by atoms with Gasteiger partial charge in [-0.3, -0.25) is 0 Å². The molecule has 1 aliphatic carbocycles. The lowest BCUT2D eigenvalue weighted by atomic mass is 9.94. The monoisotopic (exact) mass is 366 g/mol. The second-order valence-electron chi connectivity index (χ2n) is 5.77. The zero-order valence-corrected chi connectivity index (χ0v) is 14.8. The van der Waals surface area contributed by atoms with Gasteiger partial charge in [0.05, 0.1) is 12.8 Å². The summed E-state index contributed by atoms with van der Waals surface area (Å²) in [5, 5.41) is 10.8. The molecule has 1 aliphatic rings. The maximum atomic E-state index is 9.75. The fourth-order valence-corrected chi connectivity index (χ4v) is 3.84. The third-order valence-electron chi connectivity index (χ3n) is 4.41. The Morgan fingerprint density at radius 2 is 1.92 bits per heavy atom. The summed E-state index contributed by atoms with van der Waals surface area (Å²) >= 11 is 12.5. The molecule has 0 N–H and O–H groups in total. The summed E-state index contributed by atoms with van der Waals surface area (Å²) in [7, 11) is 1.52. The smallest absolute Gasteiger partial charge is 0.232 e. The Bertz CT molecular complexity index is 1050. The SMILES string of the molecule is COc1nc2c(c(-c3ccc(Cl)cc3Cl)c1C#N)Cc1ccccc1-2. The molecule has 0 amide bonds. The van der Waals surface area contributed by atoms with Crippen molar-refractivity contribution in [3.63, 3.8) is 0 Å². The van der Waals surface area contributed by atoms with Crippen molar-refractivity contribution in [2.75, 3.05) is 7.11 Å². The van der Waals surface area contributed by atoms with Gasteiger partial charge in [0, 0.05) is 33.2 Å². The summed E-state index contributed by atoms with van der Waals surface area (Å²) in [4.78, 5) is 4.60. The average Bonchev–Trinajstić information content (AvgIpc) is 2.99. The highest BCUT2D eigenvalue weighted by Crippen LogP contribution is 2.46. The van der Waals surface area contributed by atoms with Gasteiger partial charge in [-0.05, 0) is 23.3 Å². The number of ether oxygens (including phenoxy) is 1. The minimum absolute atomic E-state index is 0.305. The summed E-state index contributed by atoms with van der Waals surface area (Å²) in [5.41, 5.74) is 5.98. The Hall–Kier alpha value is -2.54. The van der Waals surface area contributed by atoms with E-state index in [4.69, 9.17) is 27.9 Å². The van der Waals surface area contributed by atoms with E-state index in [0.717, 1.165) is 27.9 Å². The molecule has 5 heteroatoms. The number of methoxy groups -OCH3 is 1. The van der Waals surface area contributed by atoms with Gasteiger partial charge < -0.3 is 4.74 Å². The summed E-state index contributed by atoms with van der Waals surface area (Å²) < 4.78 is 5.40. The lowest BCUT2D eigenvalue weighted by Gasteiger charge is -2.15. The molecule has 2 aromatic carbocycles. The van der Waals surface area contributed by atoms with Crippen LogP contribution in [0.1, 0.15) is 16.7 Å². The highest BCUT2D eigenvalue weighted by molar-refractivity contribution is 6.36. The summed E-state index contributed by atoms with van der Waals surface area (Å²) in [6.45, 7) is 0. The van der Waals surface area contributed by atoms with Crippen molar-refractivity contribution in [2.24, 2.45) is 0 Å². The molecule has 4 rings (SSSR count). The van der Waals surface area contributed by atoms with E-state index in [1.807, 2.05) is 24.3 Å². The number of hydrogen-bond acceptors (Lipinski definition) is 3. The molecule has 0 spiro atoms. The molecule has 0 unspecified atom stereocenters. The molecular weight excluding hydrogens is 355 g/mol. The predicted octanol–water partition coefficient (Wildman–Crippen LogP) is 5.51. The lowest BCUT2D eigenvalue weighted by Crippen LogP contribution is -2.01. The first-order valence-corrected chi connectivity index (χ1v) is 8.44. The fraction of sp³-hybridized carbons (Fsp3) is 0.100. The second kappa shape index (κ2) is 6.07. The van der Waals surface area contributed by atoms with Crippen LogP contribution in [-0.4, -0.2) is 12.1 Å². The van der Waals surface area contributed by atoms with Crippen molar-refractivity contribution in [3.8, 4) is 34.3 Å². The number of benzene rings is 2. The Morgan fingerprint density at radius 3 is 2.64 bits per heavy atom. The summed E-state index contributed by atoms with van der Waals surface area (Å²) in [6, 6.07) is 15.6. The number of rotatable bonds is 2. The largest absolute Gasteiger partial charge is 0.480 e. The van der Waals surface area contributed by atoms with Crippen LogP contribution in [0.5, 0.6) is 5.88 Å². The molecule has 0 saturated heterocycles. The molecule has 0 fully saturated rings. The number of halogens is 2. The number of nitrogens with zero attached hydrogens (tertiary/aromatic N) is 2. The van der Waals surface area contributed by atoms with Gasteiger partial charge >= 0.3 is 0 Å². The van der Waals surface area contributed by atoms with E-state index in [0.29, 0.717) is 27.9 Å². The van der Waals surface area contributed by atoms with Crippen molar-refractivity contribution in [3.05, 3.63) is 69.2 Å². The second-order valence-corrected chi connectivity index (χ2v) is 6.61. The van der Waals surface area contributed by atoms with Crippen LogP contribution in [0, 0.1) is 11.3 Å². The summed E-state index contributed by atoms with van der Waals surface area (Å²) in [6.07, 6.45) is 0.700. The molecule has 3 aromatic rings. The van der Waals surface area contributed by atoms with Crippen LogP contribution in [0.2, 0.25) is 10.0 Å².